The number of aliphatic carboxylic acids is 1. The van der Waals surface area contributed by atoms with Crippen LogP contribution in [0.3, 0.4) is 0 Å². The van der Waals surface area contributed by atoms with Crippen LogP contribution in [0.25, 0.3) is 0 Å². The highest BCUT2D eigenvalue weighted by Gasteiger charge is 2.38. The maximum absolute atomic E-state index is 13.6. The lowest BCUT2D eigenvalue weighted by atomic mass is 10.0. The second-order valence-electron chi connectivity index (χ2n) is 7.61. The molecule has 1 aliphatic rings. The van der Waals surface area contributed by atoms with Crippen molar-refractivity contribution in [2.75, 3.05) is 7.11 Å². The van der Waals surface area contributed by atoms with Crippen molar-refractivity contribution in [3.63, 3.8) is 0 Å². The predicted molar refractivity (Wildman–Crippen MR) is 114 cm³/mol. The van der Waals surface area contributed by atoms with Crippen LogP contribution in [-0.2, 0) is 24.1 Å². The molecule has 2 aromatic carbocycles. The van der Waals surface area contributed by atoms with Gasteiger partial charge in [-0.15, -0.1) is 0 Å². The van der Waals surface area contributed by atoms with Gasteiger partial charge in [-0.25, -0.2) is 9.48 Å². The van der Waals surface area contributed by atoms with E-state index in [1.165, 1.54) is 7.11 Å². The van der Waals surface area contributed by atoms with Crippen LogP contribution in [0.4, 0.5) is 26.3 Å². The lowest BCUT2D eigenvalue weighted by Gasteiger charge is -2.17. The van der Waals surface area contributed by atoms with E-state index in [0.29, 0.717) is 17.9 Å². The summed E-state index contributed by atoms with van der Waals surface area (Å²) >= 11 is 0. The smallest absolute Gasteiger partial charge is 0.490 e. The maximum Gasteiger partial charge on any atom is 0.490 e. The minimum absolute atomic E-state index is 0.0753. The normalized spacial score (nSPS) is 15.0. The van der Waals surface area contributed by atoms with E-state index in [0.717, 1.165) is 21.9 Å². The Morgan fingerprint density at radius 3 is 2.28 bits per heavy atom. The first-order chi connectivity index (χ1) is 16.8. The van der Waals surface area contributed by atoms with Gasteiger partial charge in [0.15, 0.2) is 0 Å². The van der Waals surface area contributed by atoms with Gasteiger partial charge in [0, 0.05) is 6.54 Å². The van der Waals surface area contributed by atoms with Crippen molar-refractivity contribution in [1.29, 1.82) is 0 Å². The van der Waals surface area contributed by atoms with Crippen LogP contribution in [0.1, 0.15) is 34.0 Å². The van der Waals surface area contributed by atoms with Crippen LogP contribution in [0, 0.1) is 0 Å². The molecule has 0 aliphatic carbocycles. The molecule has 1 aliphatic heterocycles. The van der Waals surface area contributed by atoms with Crippen LogP contribution in [-0.4, -0.2) is 34.1 Å². The average Bonchev–Trinajstić information content (AvgIpc) is 3.24. The largest absolute Gasteiger partial charge is 0.497 e. The highest BCUT2D eigenvalue weighted by Crippen LogP contribution is 2.32. The van der Waals surface area contributed by atoms with Gasteiger partial charge in [-0.05, 0) is 34.9 Å². The molecule has 1 atom stereocenters. The number of carboxylic acid groups (broad SMARTS) is 1. The van der Waals surface area contributed by atoms with E-state index >= 15 is 0 Å². The first-order valence-corrected chi connectivity index (χ1v) is 10.2. The summed E-state index contributed by atoms with van der Waals surface area (Å²) in [5.74, 6) is -2.14. The number of nitrogens with zero attached hydrogens (tertiary/aromatic N) is 2. The van der Waals surface area contributed by atoms with Crippen molar-refractivity contribution in [3.05, 3.63) is 92.9 Å². The molecule has 0 fully saturated rings. The van der Waals surface area contributed by atoms with E-state index in [9.17, 15) is 31.1 Å². The third kappa shape index (κ3) is 6.22. The molecule has 2 heterocycles. The zero-order valence-electron chi connectivity index (χ0n) is 18.5. The Balaban J connectivity index is 0.000000454. The lowest BCUT2D eigenvalue weighted by molar-refractivity contribution is -0.192. The van der Waals surface area contributed by atoms with Crippen molar-refractivity contribution in [2.45, 2.75) is 31.5 Å². The molecule has 192 valence electrons. The molecular formula is C23H19F6N3O4. The molecule has 0 saturated heterocycles. The van der Waals surface area contributed by atoms with Crippen LogP contribution in [0.15, 0.2) is 59.4 Å². The van der Waals surface area contributed by atoms with E-state index < -0.39 is 35.5 Å². The lowest BCUT2D eigenvalue weighted by Crippen LogP contribution is -2.33. The monoisotopic (exact) mass is 515 g/mol. The molecule has 1 unspecified atom stereocenters. The molecule has 13 heteroatoms. The molecule has 4 rings (SSSR count). The number of halogens is 6. The molecule has 2 N–H and O–H groups in total. The zero-order valence-corrected chi connectivity index (χ0v) is 18.5. The topological polar surface area (TPSA) is 93.5 Å². The van der Waals surface area contributed by atoms with Crippen LogP contribution in [0.2, 0.25) is 0 Å². The molecule has 3 aromatic rings. The SMILES string of the molecule is COc1ccc(Cn2nc(C3NCc4ccccc43)cc(C(F)(F)F)c2=O)cc1.O=C(O)C(F)(F)F. The predicted octanol–water partition coefficient (Wildman–Crippen LogP) is 4.14. The third-order valence-electron chi connectivity index (χ3n) is 5.19. The first-order valence-electron chi connectivity index (χ1n) is 10.2. The van der Waals surface area contributed by atoms with Gasteiger partial charge in [0.1, 0.15) is 11.3 Å². The van der Waals surface area contributed by atoms with E-state index in [4.69, 9.17) is 14.6 Å². The molecule has 0 radical (unpaired) electrons. The zero-order chi connectivity index (χ0) is 26.7. The van der Waals surface area contributed by atoms with E-state index in [-0.39, 0.29) is 12.2 Å². The Morgan fingerprint density at radius 1 is 1.11 bits per heavy atom. The minimum atomic E-state index is -5.08. The summed E-state index contributed by atoms with van der Waals surface area (Å²) in [5.41, 5.74) is 0.287. The fourth-order valence-electron chi connectivity index (χ4n) is 3.48. The molecule has 7 nitrogen and oxygen atoms in total. The second-order valence-corrected chi connectivity index (χ2v) is 7.61. The number of nitrogens with one attached hydrogen (secondary N) is 1. The van der Waals surface area contributed by atoms with Crippen molar-refractivity contribution in [2.24, 2.45) is 0 Å². The third-order valence-corrected chi connectivity index (χ3v) is 5.19. The quantitative estimate of drug-likeness (QED) is 0.508. The summed E-state index contributed by atoms with van der Waals surface area (Å²) < 4.78 is 78.4. The summed E-state index contributed by atoms with van der Waals surface area (Å²) in [6.45, 7) is 0.454. The van der Waals surface area contributed by atoms with Gasteiger partial charge in [-0.1, -0.05) is 36.4 Å². The van der Waals surface area contributed by atoms with Crippen molar-refractivity contribution >= 4 is 5.97 Å². The first kappa shape index (κ1) is 26.7. The van der Waals surface area contributed by atoms with Crippen LogP contribution in [0.5, 0.6) is 5.75 Å². The number of ether oxygens (including phenoxy) is 1. The van der Waals surface area contributed by atoms with Crippen molar-refractivity contribution < 1.29 is 41.0 Å². The number of hydrogen-bond acceptors (Lipinski definition) is 5. The van der Waals surface area contributed by atoms with Gasteiger partial charge >= 0.3 is 18.3 Å². The number of carboxylic acids is 1. The summed E-state index contributed by atoms with van der Waals surface area (Å²) in [5, 5.41) is 14.6. The standard InChI is InChI=1S/C21H18F3N3O2.C2HF3O2/c1-29-15-8-6-13(7-9-15)12-27-20(28)17(21(22,23)24)10-18(26-27)19-16-5-3-2-4-14(16)11-25-19;3-2(4,5)1(6)7/h2-10,19,25H,11-12H2,1H3;(H,6,7). The molecular weight excluding hydrogens is 496 g/mol. The van der Waals surface area contributed by atoms with Crippen LogP contribution < -0.4 is 15.6 Å². The van der Waals surface area contributed by atoms with Gasteiger partial charge in [-0.2, -0.15) is 31.4 Å². The van der Waals surface area contributed by atoms with Gasteiger partial charge in [0.25, 0.3) is 5.56 Å². The van der Waals surface area contributed by atoms with Gasteiger partial charge in [-0.3, -0.25) is 4.79 Å². The number of benzene rings is 2. The molecule has 0 bridgehead atoms. The molecule has 0 saturated carbocycles. The Kier molecular flexibility index (Phi) is 7.72. The van der Waals surface area contributed by atoms with E-state index in [2.05, 4.69) is 10.4 Å². The van der Waals surface area contributed by atoms with Crippen molar-refractivity contribution in [3.8, 4) is 5.75 Å². The highest BCUT2D eigenvalue weighted by molar-refractivity contribution is 5.73. The average molecular weight is 515 g/mol. The number of aromatic nitrogens is 2. The second kappa shape index (κ2) is 10.4. The van der Waals surface area contributed by atoms with Gasteiger partial charge in [0.2, 0.25) is 0 Å². The van der Waals surface area contributed by atoms with Gasteiger partial charge in [0.05, 0.1) is 25.4 Å². The van der Waals surface area contributed by atoms with Crippen LogP contribution >= 0.6 is 0 Å². The minimum Gasteiger partial charge on any atom is -0.497 e. The summed E-state index contributed by atoms with van der Waals surface area (Å²) in [6, 6.07) is 14.6. The molecule has 0 amide bonds. The molecule has 1 aromatic heterocycles. The Morgan fingerprint density at radius 2 is 1.72 bits per heavy atom. The number of methoxy groups -OCH3 is 1. The molecule has 0 spiro atoms. The fraction of sp³-hybridized carbons (Fsp3) is 0.261. The molecule has 36 heavy (non-hydrogen) atoms. The number of alkyl halides is 6. The van der Waals surface area contributed by atoms with E-state index in [1.807, 2.05) is 24.3 Å². The van der Waals surface area contributed by atoms with Gasteiger partial charge < -0.3 is 15.2 Å². The number of rotatable bonds is 4. The number of carbonyl (C=O) groups is 1. The fourth-order valence-corrected chi connectivity index (χ4v) is 3.48. The summed E-state index contributed by atoms with van der Waals surface area (Å²) in [7, 11) is 1.52. The van der Waals surface area contributed by atoms with Crippen molar-refractivity contribution in [1.82, 2.24) is 15.1 Å². The Hall–Kier alpha value is -3.87. The summed E-state index contributed by atoms with van der Waals surface area (Å²) in [4.78, 5) is 21.4. The number of fused-ring (bicyclic) bond motifs is 1. The Bertz CT molecular complexity index is 1290. The number of hydrogen-bond donors (Lipinski definition) is 2. The van der Waals surface area contributed by atoms with E-state index in [1.54, 1.807) is 24.3 Å². The maximum atomic E-state index is 13.6. The Labute approximate surface area is 199 Å². The summed E-state index contributed by atoms with van der Waals surface area (Å²) in [6.07, 6.45) is -9.85. The highest BCUT2D eigenvalue weighted by atomic mass is 19.4.